The third-order valence-electron chi connectivity index (χ3n) is 6.24. The molecule has 5 nitrogen and oxygen atoms in total. The Hall–Kier alpha value is -3.44. The number of nitrogens with one attached hydrogen (secondary N) is 2. The van der Waals surface area contributed by atoms with Crippen LogP contribution in [0.4, 0.5) is 0 Å². The van der Waals surface area contributed by atoms with Crippen LogP contribution in [0.25, 0.3) is 22.4 Å². The molecule has 32 heavy (non-hydrogen) atoms. The van der Waals surface area contributed by atoms with Crippen LogP contribution in [0.2, 0.25) is 0 Å². The minimum atomic E-state index is -0.0140. The van der Waals surface area contributed by atoms with Crippen LogP contribution in [0.1, 0.15) is 34.3 Å². The molecule has 5 heteroatoms. The molecule has 1 aliphatic rings. The maximum atomic E-state index is 12.9. The molecule has 0 saturated carbocycles. The van der Waals surface area contributed by atoms with Crippen molar-refractivity contribution >= 4 is 16.9 Å². The number of nitrogens with zero attached hydrogens (tertiary/aromatic N) is 2. The highest BCUT2D eigenvalue weighted by Crippen LogP contribution is 2.22. The van der Waals surface area contributed by atoms with E-state index in [1.807, 2.05) is 18.2 Å². The van der Waals surface area contributed by atoms with Crippen molar-refractivity contribution in [2.75, 3.05) is 13.1 Å². The number of benzene rings is 3. The number of hydrogen-bond acceptors (Lipinski definition) is 3. The number of hydrogen-bond donors (Lipinski definition) is 2. The number of imidazole rings is 1. The van der Waals surface area contributed by atoms with E-state index in [4.69, 9.17) is 0 Å². The van der Waals surface area contributed by atoms with E-state index in [9.17, 15) is 4.79 Å². The van der Waals surface area contributed by atoms with Crippen molar-refractivity contribution in [2.45, 2.75) is 32.4 Å². The normalized spacial score (nSPS) is 15.2. The van der Waals surface area contributed by atoms with E-state index >= 15 is 0 Å². The molecule has 3 aromatic carbocycles. The zero-order chi connectivity index (χ0) is 21.9. The number of aromatic nitrogens is 2. The summed E-state index contributed by atoms with van der Waals surface area (Å²) in [4.78, 5) is 23.4. The van der Waals surface area contributed by atoms with E-state index in [0.29, 0.717) is 5.56 Å². The second-order valence-corrected chi connectivity index (χ2v) is 8.69. The molecule has 2 N–H and O–H groups in total. The quantitative estimate of drug-likeness (QED) is 0.477. The van der Waals surface area contributed by atoms with Gasteiger partial charge in [0, 0.05) is 36.8 Å². The fourth-order valence-electron chi connectivity index (χ4n) is 4.34. The molecular weight excluding hydrogens is 396 g/mol. The third-order valence-corrected chi connectivity index (χ3v) is 6.24. The summed E-state index contributed by atoms with van der Waals surface area (Å²) < 4.78 is 0. The fraction of sp³-hybridized carbons (Fsp3) is 0.259. The zero-order valence-electron chi connectivity index (χ0n) is 18.3. The molecule has 1 fully saturated rings. The van der Waals surface area contributed by atoms with Crippen molar-refractivity contribution in [1.82, 2.24) is 20.2 Å². The molecule has 4 aromatic rings. The van der Waals surface area contributed by atoms with Crippen LogP contribution in [0, 0.1) is 6.92 Å². The number of carbonyl (C=O) groups excluding carboxylic acids is 1. The van der Waals surface area contributed by atoms with Gasteiger partial charge in [-0.05, 0) is 43.5 Å². The second kappa shape index (κ2) is 8.97. The molecular formula is C27H28N4O. The molecule has 1 amide bonds. The first-order chi connectivity index (χ1) is 15.6. The average Bonchev–Trinajstić information content (AvgIpc) is 3.25. The highest BCUT2D eigenvalue weighted by Gasteiger charge is 2.21. The first kappa shape index (κ1) is 20.5. The lowest BCUT2D eigenvalue weighted by molar-refractivity contribution is 0.0909. The van der Waals surface area contributed by atoms with Gasteiger partial charge in [-0.2, -0.15) is 0 Å². The van der Waals surface area contributed by atoms with Crippen LogP contribution >= 0.6 is 0 Å². The Morgan fingerprint density at radius 2 is 1.78 bits per heavy atom. The van der Waals surface area contributed by atoms with Crippen LogP contribution in [0.15, 0.2) is 72.8 Å². The third kappa shape index (κ3) is 4.58. The SMILES string of the molecule is Cc1ccc(-c2nc3ccc(C(=O)NC4CCN(Cc5ccccc5)CC4)cc3[nH]2)cc1. The fourth-order valence-corrected chi connectivity index (χ4v) is 4.34. The van der Waals surface area contributed by atoms with E-state index < -0.39 is 0 Å². The van der Waals surface area contributed by atoms with Crippen molar-refractivity contribution in [3.63, 3.8) is 0 Å². The average molecular weight is 425 g/mol. The van der Waals surface area contributed by atoms with Crippen molar-refractivity contribution in [2.24, 2.45) is 0 Å². The van der Waals surface area contributed by atoms with Gasteiger partial charge in [0.25, 0.3) is 5.91 Å². The number of aromatic amines is 1. The highest BCUT2D eigenvalue weighted by molar-refractivity contribution is 5.97. The molecule has 1 aliphatic heterocycles. The van der Waals surface area contributed by atoms with E-state index in [2.05, 4.69) is 81.7 Å². The molecule has 162 valence electrons. The number of aryl methyl sites for hydroxylation is 1. The lowest BCUT2D eigenvalue weighted by Gasteiger charge is -2.32. The number of carbonyl (C=O) groups is 1. The first-order valence-electron chi connectivity index (χ1n) is 11.3. The van der Waals surface area contributed by atoms with Crippen LogP contribution in [-0.4, -0.2) is 39.9 Å². The van der Waals surface area contributed by atoms with Gasteiger partial charge < -0.3 is 10.3 Å². The Morgan fingerprint density at radius 1 is 1.03 bits per heavy atom. The molecule has 0 aliphatic carbocycles. The summed E-state index contributed by atoms with van der Waals surface area (Å²) in [6.45, 7) is 5.04. The molecule has 0 radical (unpaired) electrons. The van der Waals surface area contributed by atoms with E-state index in [-0.39, 0.29) is 11.9 Å². The van der Waals surface area contributed by atoms with Crippen LogP contribution < -0.4 is 5.32 Å². The highest BCUT2D eigenvalue weighted by atomic mass is 16.1. The molecule has 0 bridgehead atoms. The number of H-pyrrole nitrogens is 1. The monoisotopic (exact) mass is 424 g/mol. The summed E-state index contributed by atoms with van der Waals surface area (Å²) in [5.74, 6) is 0.809. The summed E-state index contributed by atoms with van der Waals surface area (Å²) in [6.07, 6.45) is 1.95. The van der Waals surface area contributed by atoms with Gasteiger partial charge in [-0.25, -0.2) is 4.98 Å². The topological polar surface area (TPSA) is 61.0 Å². The maximum absolute atomic E-state index is 12.9. The van der Waals surface area contributed by atoms with Crippen LogP contribution in [0.3, 0.4) is 0 Å². The molecule has 0 unspecified atom stereocenters. The van der Waals surface area contributed by atoms with Crippen molar-refractivity contribution < 1.29 is 4.79 Å². The van der Waals surface area contributed by atoms with E-state index in [1.54, 1.807) is 0 Å². The van der Waals surface area contributed by atoms with Gasteiger partial charge in [-0.15, -0.1) is 0 Å². The molecule has 1 aromatic heterocycles. The summed E-state index contributed by atoms with van der Waals surface area (Å²) >= 11 is 0. The van der Waals surface area contributed by atoms with E-state index in [1.165, 1.54) is 11.1 Å². The maximum Gasteiger partial charge on any atom is 0.251 e. The lowest BCUT2D eigenvalue weighted by Crippen LogP contribution is -2.44. The van der Waals surface area contributed by atoms with Gasteiger partial charge in [0.15, 0.2) is 0 Å². The standard InChI is InChI=1S/C27H28N4O/c1-19-7-9-21(10-8-19)26-29-24-12-11-22(17-25(24)30-26)27(32)28-23-13-15-31(16-14-23)18-20-5-3-2-4-6-20/h2-12,17,23H,13-16,18H2,1H3,(H,28,32)(H,29,30). The summed E-state index contributed by atoms with van der Waals surface area (Å²) in [5, 5.41) is 3.23. The van der Waals surface area contributed by atoms with Gasteiger partial charge in [0.2, 0.25) is 0 Å². The molecule has 0 atom stereocenters. The van der Waals surface area contributed by atoms with Crippen LogP contribution in [0.5, 0.6) is 0 Å². The molecule has 1 saturated heterocycles. The number of piperidine rings is 1. The number of fused-ring (bicyclic) bond motifs is 1. The zero-order valence-corrected chi connectivity index (χ0v) is 18.3. The number of amides is 1. The van der Waals surface area contributed by atoms with Crippen molar-refractivity contribution in [3.8, 4) is 11.4 Å². The Balaban J connectivity index is 1.21. The van der Waals surface area contributed by atoms with Crippen LogP contribution in [-0.2, 0) is 6.54 Å². The first-order valence-corrected chi connectivity index (χ1v) is 11.3. The largest absolute Gasteiger partial charge is 0.349 e. The Bertz CT molecular complexity index is 1210. The molecule has 5 rings (SSSR count). The van der Waals surface area contributed by atoms with Gasteiger partial charge in [-0.1, -0.05) is 60.2 Å². The predicted octanol–water partition coefficient (Wildman–Crippen LogP) is 4.93. The molecule has 2 heterocycles. The van der Waals surface area contributed by atoms with Crippen molar-refractivity contribution in [3.05, 3.63) is 89.5 Å². The molecule has 0 spiro atoms. The number of rotatable bonds is 5. The summed E-state index contributed by atoms with van der Waals surface area (Å²) in [6, 6.07) is 24.7. The van der Waals surface area contributed by atoms with Gasteiger partial charge in [0.05, 0.1) is 11.0 Å². The Labute approximate surface area is 188 Å². The van der Waals surface area contributed by atoms with Gasteiger partial charge in [0.1, 0.15) is 5.82 Å². The van der Waals surface area contributed by atoms with E-state index in [0.717, 1.165) is 54.9 Å². The number of likely N-dealkylation sites (tertiary alicyclic amines) is 1. The summed E-state index contributed by atoms with van der Waals surface area (Å²) in [5.41, 5.74) is 6.02. The smallest absolute Gasteiger partial charge is 0.251 e. The summed E-state index contributed by atoms with van der Waals surface area (Å²) in [7, 11) is 0. The van der Waals surface area contributed by atoms with Gasteiger partial charge in [-0.3, -0.25) is 9.69 Å². The lowest BCUT2D eigenvalue weighted by atomic mass is 10.0. The Kier molecular flexibility index (Phi) is 5.73. The minimum Gasteiger partial charge on any atom is -0.349 e. The minimum absolute atomic E-state index is 0.0140. The van der Waals surface area contributed by atoms with Crippen molar-refractivity contribution in [1.29, 1.82) is 0 Å². The predicted molar refractivity (Wildman–Crippen MR) is 128 cm³/mol. The second-order valence-electron chi connectivity index (χ2n) is 8.69. The van der Waals surface area contributed by atoms with Gasteiger partial charge >= 0.3 is 0 Å². The Morgan fingerprint density at radius 3 is 2.53 bits per heavy atom.